The number of nitrogens with one attached hydrogen (secondary N) is 1. The first-order chi connectivity index (χ1) is 8.56. The second-order valence-corrected chi connectivity index (χ2v) is 4.11. The lowest BCUT2D eigenvalue weighted by molar-refractivity contribution is 0.103. The number of nitrogen functional groups attached to an aromatic ring is 1. The van der Waals surface area contributed by atoms with Crippen LogP contribution in [-0.2, 0) is 0 Å². The van der Waals surface area contributed by atoms with Crippen LogP contribution >= 0.6 is 0 Å². The second kappa shape index (κ2) is 4.52. The minimum atomic E-state index is -0.193. The number of aromatic nitrogens is 2. The summed E-state index contributed by atoms with van der Waals surface area (Å²) in [7, 11) is 1.55. The molecule has 0 fully saturated rings. The number of H-pyrrole nitrogens is 1. The molecule has 94 valence electrons. The summed E-state index contributed by atoms with van der Waals surface area (Å²) in [4.78, 5) is 12.4. The molecule has 0 atom stereocenters. The number of carbonyl (C=O) groups excluding carboxylic acids is 1. The lowest BCUT2D eigenvalue weighted by Gasteiger charge is -2.12. The molecule has 5 heteroatoms. The van der Waals surface area contributed by atoms with Gasteiger partial charge in [-0.05, 0) is 31.0 Å². The van der Waals surface area contributed by atoms with Crippen molar-refractivity contribution in [2.75, 3.05) is 12.8 Å². The Balaban J connectivity index is 2.56. The zero-order valence-corrected chi connectivity index (χ0v) is 10.6. The number of carbonyl (C=O) groups is 1. The molecule has 1 heterocycles. The molecule has 1 aromatic heterocycles. The van der Waals surface area contributed by atoms with Crippen molar-refractivity contribution in [2.24, 2.45) is 0 Å². The molecule has 0 amide bonds. The molecule has 18 heavy (non-hydrogen) atoms. The number of nitrogens with zero attached hydrogens (tertiary/aromatic N) is 1. The number of aryl methyl sites for hydroxylation is 1. The number of benzene rings is 1. The second-order valence-electron chi connectivity index (χ2n) is 4.11. The van der Waals surface area contributed by atoms with Crippen molar-refractivity contribution in [3.63, 3.8) is 0 Å². The van der Waals surface area contributed by atoms with Crippen molar-refractivity contribution < 1.29 is 9.53 Å². The van der Waals surface area contributed by atoms with E-state index in [1.807, 2.05) is 19.9 Å². The van der Waals surface area contributed by atoms with Crippen LogP contribution in [0.1, 0.15) is 27.0 Å². The number of hydrogen-bond donors (Lipinski definition) is 2. The third-order valence-electron chi connectivity index (χ3n) is 3.04. The Hall–Kier alpha value is -2.30. The lowest BCUT2D eigenvalue weighted by Crippen LogP contribution is -2.07. The SMILES string of the molecule is COc1c(C(=O)c2cn[nH]c2N)ccc(C)c1C. The molecule has 5 nitrogen and oxygen atoms in total. The fourth-order valence-corrected chi connectivity index (χ4v) is 1.85. The highest BCUT2D eigenvalue weighted by Crippen LogP contribution is 2.28. The molecule has 0 aliphatic heterocycles. The van der Waals surface area contributed by atoms with E-state index in [-0.39, 0.29) is 11.6 Å². The topological polar surface area (TPSA) is 81.0 Å². The number of aromatic amines is 1. The summed E-state index contributed by atoms with van der Waals surface area (Å²) in [6.07, 6.45) is 1.42. The van der Waals surface area contributed by atoms with E-state index in [0.29, 0.717) is 16.9 Å². The summed E-state index contributed by atoms with van der Waals surface area (Å²) in [6.45, 7) is 3.89. The van der Waals surface area contributed by atoms with Crippen LogP contribution in [0.25, 0.3) is 0 Å². The van der Waals surface area contributed by atoms with Crippen LogP contribution in [0.15, 0.2) is 18.3 Å². The maximum atomic E-state index is 12.4. The van der Waals surface area contributed by atoms with Gasteiger partial charge in [0, 0.05) is 0 Å². The van der Waals surface area contributed by atoms with Gasteiger partial charge in [0.25, 0.3) is 0 Å². The van der Waals surface area contributed by atoms with Gasteiger partial charge in [-0.25, -0.2) is 0 Å². The number of methoxy groups -OCH3 is 1. The lowest BCUT2D eigenvalue weighted by atomic mass is 9.99. The van der Waals surface area contributed by atoms with Crippen LogP contribution in [0.2, 0.25) is 0 Å². The molecule has 2 rings (SSSR count). The first-order valence-electron chi connectivity index (χ1n) is 5.54. The standard InChI is InChI=1S/C13H15N3O2/c1-7-4-5-9(12(18-3)8(7)2)11(17)10-6-15-16-13(10)14/h4-6H,1-3H3,(H3,14,15,16). The molecule has 0 unspecified atom stereocenters. The fraction of sp³-hybridized carbons (Fsp3) is 0.231. The van der Waals surface area contributed by atoms with Crippen molar-refractivity contribution in [2.45, 2.75) is 13.8 Å². The molecule has 2 aromatic rings. The molecule has 0 bridgehead atoms. The van der Waals surface area contributed by atoms with Crippen LogP contribution in [0.3, 0.4) is 0 Å². The Morgan fingerprint density at radius 1 is 1.33 bits per heavy atom. The summed E-state index contributed by atoms with van der Waals surface area (Å²) in [5.74, 6) is 0.655. The molecule has 0 saturated heterocycles. The predicted molar refractivity (Wildman–Crippen MR) is 68.9 cm³/mol. The number of hydrogen-bond acceptors (Lipinski definition) is 4. The predicted octanol–water partition coefficient (Wildman–Crippen LogP) is 1.85. The van der Waals surface area contributed by atoms with Gasteiger partial charge in [-0.15, -0.1) is 0 Å². The molecule has 3 N–H and O–H groups in total. The number of anilines is 1. The highest BCUT2D eigenvalue weighted by atomic mass is 16.5. The average molecular weight is 245 g/mol. The normalized spacial score (nSPS) is 10.4. The van der Waals surface area contributed by atoms with Gasteiger partial charge in [-0.2, -0.15) is 5.10 Å². The summed E-state index contributed by atoms with van der Waals surface area (Å²) >= 11 is 0. The molecule has 1 aromatic carbocycles. The van der Waals surface area contributed by atoms with Crippen LogP contribution in [0.5, 0.6) is 5.75 Å². The fourth-order valence-electron chi connectivity index (χ4n) is 1.85. The van der Waals surface area contributed by atoms with Gasteiger partial charge < -0.3 is 10.5 Å². The molecule has 0 aliphatic rings. The van der Waals surface area contributed by atoms with Crippen molar-refractivity contribution in [1.29, 1.82) is 0 Å². The van der Waals surface area contributed by atoms with Crippen LogP contribution in [0, 0.1) is 13.8 Å². The van der Waals surface area contributed by atoms with E-state index >= 15 is 0 Å². The Morgan fingerprint density at radius 2 is 2.06 bits per heavy atom. The Kier molecular flexibility index (Phi) is 3.06. The quantitative estimate of drug-likeness (QED) is 0.808. The van der Waals surface area contributed by atoms with Gasteiger partial charge >= 0.3 is 0 Å². The van der Waals surface area contributed by atoms with E-state index in [1.54, 1.807) is 13.2 Å². The Bertz CT molecular complexity index is 602. The third-order valence-corrected chi connectivity index (χ3v) is 3.04. The summed E-state index contributed by atoms with van der Waals surface area (Å²) < 4.78 is 5.32. The molecular weight excluding hydrogens is 230 g/mol. The van der Waals surface area contributed by atoms with Gasteiger partial charge in [0.2, 0.25) is 5.78 Å². The van der Waals surface area contributed by atoms with Crippen molar-refractivity contribution >= 4 is 11.6 Å². The van der Waals surface area contributed by atoms with E-state index in [1.165, 1.54) is 6.20 Å². The minimum absolute atomic E-state index is 0.193. The largest absolute Gasteiger partial charge is 0.496 e. The molecule has 0 saturated carbocycles. The van der Waals surface area contributed by atoms with E-state index < -0.39 is 0 Å². The van der Waals surface area contributed by atoms with Gasteiger partial charge in [0.15, 0.2) is 0 Å². The smallest absolute Gasteiger partial charge is 0.202 e. The van der Waals surface area contributed by atoms with Gasteiger partial charge in [0.05, 0.1) is 24.4 Å². The highest BCUT2D eigenvalue weighted by Gasteiger charge is 2.20. The van der Waals surface area contributed by atoms with E-state index in [4.69, 9.17) is 10.5 Å². The van der Waals surface area contributed by atoms with E-state index in [9.17, 15) is 4.79 Å². The highest BCUT2D eigenvalue weighted by molar-refractivity contribution is 6.13. The maximum absolute atomic E-state index is 12.4. The van der Waals surface area contributed by atoms with Crippen molar-refractivity contribution in [1.82, 2.24) is 10.2 Å². The van der Waals surface area contributed by atoms with E-state index in [2.05, 4.69) is 10.2 Å². The summed E-state index contributed by atoms with van der Waals surface area (Å²) in [5.41, 5.74) is 8.53. The van der Waals surface area contributed by atoms with Gasteiger partial charge in [-0.1, -0.05) is 6.07 Å². The molecular formula is C13H15N3O2. The molecule has 0 radical (unpaired) electrons. The van der Waals surface area contributed by atoms with Crippen LogP contribution in [0.4, 0.5) is 5.82 Å². The van der Waals surface area contributed by atoms with Crippen molar-refractivity contribution in [3.8, 4) is 5.75 Å². The first kappa shape index (κ1) is 12.2. The number of rotatable bonds is 3. The average Bonchev–Trinajstić information content (AvgIpc) is 2.78. The zero-order chi connectivity index (χ0) is 13.3. The summed E-state index contributed by atoms with van der Waals surface area (Å²) in [5, 5.41) is 6.30. The number of ether oxygens (including phenoxy) is 1. The Labute approximate surface area is 105 Å². The molecule has 0 aliphatic carbocycles. The van der Waals surface area contributed by atoms with Crippen LogP contribution < -0.4 is 10.5 Å². The van der Waals surface area contributed by atoms with Crippen LogP contribution in [-0.4, -0.2) is 23.1 Å². The zero-order valence-electron chi connectivity index (χ0n) is 10.6. The van der Waals surface area contributed by atoms with Crippen molar-refractivity contribution in [3.05, 3.63) is 40.6 Å². The van der Waals surface area contributed by atoms with Gasteiger partial charge in [-0.3, -0.25) is 9.89 Å². The van der Waals surface area contributed by atoms with Gasteiger partial charge in [0.1, 0.15) is 11.6 Å². The third kappa shape index (κ3) is 1.84. The molecule has 0 spiro atoms. The number of nitrogens with two attached hydrogens (primary N) is 1. The maximum Gasteiger partial charge on any atom is 0.202 e. The summed E-state index contributed by atoms with van der Waals surface area (Å²) in [6, 6.07) is 3.64. The monoisotopic (exact) mass is 245 g/mol. The van der Waals surface area contributed by atoms with E-state index in [0.717, 1.165) is 11.1 Å². The first-order valence-corrected chi connectivity index (χ1v) is 5.54. The number of ketones is 1. The Morgan fingerprint density at radius 3 is 2.61 bits per heavy atom. The minimum Gasteiger partial charge on any atom is -0.496 e.